The zero-order valence-corrected chi connectivity index (χ0v) is 7.03. The van der Waals surface area contributed by atoms with Crippen molar-refractivity contribution in [2.24, 2.45) is 0 Å². The van der Waals surface area contributed by atoms with Gasteiger partial charge in [-0.1, -0.05) is 0 Å². The van der Waals surface area contributed by atoms with E-state index in [4.69, 9.17) is 0 Å². The van der Waals surface area contributed by atoms with Crippen LogP contribution in [0.5, 0.6) is 0 Å². The van der Waals surface area contributed by atoms with Crippen molar-refractivity contribution in [3.05, 3.63) is 16.6 Å². The van der Waals surface area contributed by atoms with E-state index in [0.29, 0.717) is 6.04 Å². The molecular weight excluding hydrogens is 156 g/mol. The van der Waals surface area contributed by atoms with Crippen LogP contribution in [0.3, 0.4) is 0 Å². The Hall–Kier alpha value is -1.26. The molecule has 66 valence electrons. The van der Waals surface area contributed by atoms with Crippen molar-refractivity contribution >= 4 is 0 Å². The second-order valence-corrected chi connectivity index (χ2v) is 3.16. The molecule has 1 unspecified atom stereocenters. The van der Waals surface area contributed by atoms with Gasteiger partial charge in [0.2, 0.25) is 0 Å². The number of aromatic nitrogens is 3. The van der Waals surface area contributed by atoms with E-state index in [1.807, 2.05) is 0 Å². The van der Waals surface area contributed by atoms with Gasteiger partial charge in [-0.25, -0.2) is 5.10 Å². The predicted octanol–water partition coefficient (Wildman–Crippen LogP) is -0.308. The van der Waals surface area contributed by atoms with Crippen LogP contribution in [0.1, 0.15) is 19.8 Å². The minimum Gasteiger partial charge on any atom is -0.279 e. The van der Waals surface area contributed by atoms with Crippen molar-refractivity contribution in [2.75, 3.05) is 11.6 Å². The number of nitrogens with zero attached hydrogens (tertiary/aromatic N) is 3. The molecule has 0 radical (unpaired) electrons. The molecule has 1 N–H and O–H groups in total. The Morgan fingerprint density at radius 1 is 1.75 bits per heavy atom. The van der Waals surface area contributed by atoms with Gasteiger partial charge in [-0.05, 0) is 19.8 Å². The van der Waals surface area contributed by atoms with Gasteiger partial charge in [0.05, 0.1) is 0 Å². The topological polar surface area (TPSA) is 53.9 Å². The van der Waals surface area contributed by atoms with Crippen LogP contribution in [-0.4, -0.2) is 27.7 Å². The van der Waals surface area contributed by atoms with Crippen LogP contribution in [-0.2, 0) is 0 Å². The highest BCUT2D eigenvalue weighted by Crippen LogP contribution is 2.12. The summed E-state index contributed by atoms with van der Waals surface area (Å²) in [5.41, 5.74) is -0.144. The number of rotatable bonds is 1. The maximum absolute atomic E-state index is 10.8. The Labute approximate surface area is 69.9 Å². The summed E-state index contributed by atoms with van der Waals surface area (Å²) in [5.74, 6) is 0. The second kappa shape index (κ2) is 2.66. The second-order valence-electron chi connectivity index (χ2n) is 3.16. The molecule has 5 nitrogen and oxygen atoms in total. The third-order valence-corrected chi connectivity index (χ3v) is 2.26. The number of aromatic amines is 1. The van der Waals surface area contributed by atoms with Gasteiger partial charge in [0.1, 0.15) is 6.20 Å². The molecule has 1 aromatic heterocycles. The summed E-state index contributed by atoms with van der Waals surface area (Å²) in [6.45, 7) is 3.10. The van der Waals surface area contributed by atoms with Crippen LogP contribution in [0.15, 0.2) is 11.0 Å². The smallest absolute Gasteiger partial charge is 0.279 e. The zero-order chi connectivity index (χ0) is 8.55. The molecule has 0 amide bonds. The summed E-state index contributed by atoms with van der Waals surface area (Å²) in [6, 6.07) is 0.473. The van der Waals surface area contributed by atoms with E-state index < -0.39 is 0 Å². The number of nitrogens with one attached hydrogen (secondary N) is 1. The van der Waals surface area contributed by atoms with E-state index >= 15 is 0 Å². The zero-order valence-electron chi connectivity index (χ0n) is 7.03. The molecule has 1 aromatic rings. The highest BCUT2D eigenvalue weighted by molar-refractivity contribution is 4.93. The molecule has 0 saturated carbocycles. The minimum absolute atomic E-state index is 0.144. The normalized spacial score (nSPS) is 23.4. The molecule has 0 bridgehead atoms. The molecule has 0 spiro atoms. The van der Waals surface area contributed by atoms with E-state index in [1.54, 1.807) is 4.91 Å². The Morgan fingerprint density at radius 3 is 3.08 bits per heavy atom. The molecule has 12 heavy (non-hydrogen) atoms. The third-order valence-electron chi connectivity index (χ3n) is 2.26. The first-order chi connectivity index (χ1) is 5.77. The van der Waals surface area contributed by atoms with Crippen LogP contribution >= 0.6 is 0 Å². The maximum Gasteiger partial charge on any atom is 0.285 e. The highest BCUT2D eigenvalue weighted by atomic mass is 16.1. The lowest BCUT2D eigenvalue weighted by Gasteiger charge is -2.21. The first-order valence-corrected chi connectivity index (χ1v) is 4.18. The molecule has 1 fully saturated rings. The summed E-state index contributed by atoms with van der Waals surface area (Å²) >= 11 is 0. The van der Waals surface area contributed by atoms with E-state index in [-0.39, 0.29) is 5.56 Å². The molecule has 5 heteroatoms. The van der Waals surface area contributed by atoms with Gasteiger partial charge in [0, 0.05) is 12.6 Å². The van der Waals surface area contributed by atoms with Crippen LogP contribution in [0, 0.1) is 0 Å². The average Bonchev–Trinajstić information content (AvgIpc) is 2.58. The molecule has 1 aliphatic heterocycles. The van der Waals surface area contributed by atoms with Crippen molar-refractivity contribution in [1.82, 2.24) is 15.1 Å². The summed E-state index contributed by atoms with van der Waals surface area (Å²) in [5, 5.41) is 8.60. The average molecular weight is 168 g/mol. The van der Waals surface area contributed by atoms with Crippen LogP contribution < -0.4 is 10.6 Å². The number of hydrogen-bond donors (Lipinski definition) is 1. The molecule has 1 saturated heterocycles. The first-order valence-electron chi connectivity index (χ1n) is 4.18. The standard InChI is InChI=1S/C7H12N4O/c1-6-3-2-4-10(6)11-8-5-7(12)9-11/h5-6H,2-4H2,1H3,(H,9,12). The predicted molar refractivity (Wildman–Crippen MR) is 44.6 cm³/mol. The number of hydrogen-bond acceptors (Lipinski definition) is 3. The fourth-order valence-electron chi connectivity index (χ4n) is 1.59. The van der Waals surface area contributed by atoms with Gasteiger partial charge in [-0.15, -0.1) is 10.0 Å². The van der Waals surface area contributed by atoms with Gasteiger partial charge in [-0.2, -0.15) is 0 Å². The fourth-order valence-corrected chi connectivity index (χ4v) is 1.59. The summed E-state index contributed by atoms with van der Waals surface area (Å²) < 4.78 is 0. The van der Waals surface area contributed by atoms with Crippen molar-refractivity contribution in [3.8, 4) is 0 Å². The Balaban J connectivity index is 2.24. The van der Waals surface area contributed by atoms with Gasteiger partial charge in [0.25, 0.3) is 5.56 Å². The van der Waals surface area contributed by atoms with E-state index in [9.17, 15) is 4.79 Å². The van der Waals surface area contributed by atoms with Crippen molar-refractivity contribution in [3.63, 3.8) is 0 Å². The summed E-state index contributed by atoms with van der Waals surface area (Å²) in [7, 11) is 0. The molecule has 1 atom stereocenters. The van der Waals surface area contributed by atoms with Crippen LogP contribution in [0.2, 0.25) is 0 Å². The van der Waals surface area contributed by atoms with Crippen LogP contribution in [0.25, 0.3) is 0 Å². The molecule has 1 aliphatic rings. The van der Waals surface area contributed by atoms with Gasteiger partial charge in [0.15, 0.2) is 0 Å². The Kier molecular flexibility index (Phi) is 1.64. The van der Waals surface area contributed by atoms with Crippen molar-refractivity contribution < 1.29 is 0 Å². The molecule has 0 aliphatic carbocycles. The molecular formula is C7H12N4O. The molecule has 2 rings (SSSR count). The summed E-state index contributed by atoms with van der Waals surface area (Å²) in [6.07, 6.45) is 3.63. The van der Waals surface area contributed by atoms with Crippen molar-refractivity contribution in [2.45, 2.75) is 25.8 Å². The van der Waals surface area contributed by atoms with E-state index in [2.05, 4.69) is 22.1 Å². The lowest BCUT2D eigenvalue weighted by atomic mass is 10.3. The monoisotopic (exact) mass is 168 g/mol. The van der Waals surface area contributed by atoms with Crippen molar-refractivity contribution in [1.29, 1.82) is 0 Å². The SMILES string of the molecule is CC1CCCN1n1ncc(=O)[nH]1. The Morgan fingerprint density at radius 2 is 2.58 bits per heavy atom. The lowest BCUT2D eigenvalue weighted by Crippen LogP contribution is -2.39. The number of H-pyrrole nitrogens is 1. The van der Waals surface area contributed by atoms with E-state index in [1.165, 1.54) is 19.0 Å². The minimum atomic E-state index is -0.144. The van der Waals surface area contributed by atoms with E-state index in [0.717, 1.165) is 6.54 Å². The molecule has 2 heterocycles. The molecule has 0 aromatic carbocycles. The third kappa shape index (κ3) is 1.11. The van der Waals surface area contributed by atoms with Gasteiger partial charge < -0.3 is 0 Å². The quantitative estimate of drug-likeness (QED) is 0.626. The Bertz CT molecular complexity index is 315. The largest absolute Gasteiger partial charge is 0.285 e. The fraction of sp³-hybridized carbons (Fsp3) is 0.714. The highest BCUT2D eigenvalue weighted by Gasteiger charge is 2.21. The van der Waals surface area contributed by atoms with Gasteiger partial charge in [-0.3, -0.25) is 9.80 Å². The maximum atomic E-state index is 10.8. The van der Waals surface area contributed by atoms with Crippen LogP contribution in [0.4, 0.5) is 0 Å². The van der Waals surface area contributed by atoms with Gasteiger partial charge >= 0.3 is 0 Å². The summed E-state index contributed by atoms with van der Waals surface area (Å²) in [4.78, 5) is 12.3. The first kappa shape index (κ1) is 7.39. The lowest BCUT2D eigenvalue weighted by molar-refractivity contribution is 0.464.